The number of esters is 1. The first-order chi connectivity index (χ1) is 9.15. The van der Waals surface area contributed by atoms with Crippen LogP contribution in [0.25, 0.3) is 11.1 Å². The number of aromatic nitrogens is 1. The largest absolute Gasteiger partial charge is 0.465 e. The van der Waals surface area contributed by atoms with Crippen LogP contribution in [0.2, 0.25) is 5.02 Å². The summed E-state index contributed by atoms with van der Waals surface area (Å²) in [6.45, 7) is -0.123. The Balaban J connectivity index is 2.41. The SMILES string of the molecule is COC(=O)c1ccc(-c2ccnc(CO)c2)cc1Cl. The molecule has 1 aromatic heterocycles. The van der Waals surface area contributed by atoms with Crippen molar-refractivity contribution in [1.29, 1.82) is 0 Å². The molecule has 1 aromatic carbocycles. The summed E-state index contributed by atoms with van der Waals surface area (Å²) in [4.78, 5) is 15.4. The van der Waals surface area contributed by atoms with E-state index in [9.17, 15) is 4.79 Å². The number of methoxy groups -OCH3 is 1. The fourth-order valence-electron chi connectivity index (χ4n) is 1.71. The fourth-order valence-corrected chi connectivity index (χ4v) is 1.97. The van der Waals surface area contributed by atoms with Crippen molar-refractivity contribution >= 4 is 17.6 Å². The molecule has 1 heterocycles. The molecule has 0 radical (unpaired) electrons. The third kappa shape index (κ3) is 2.92. The van der Waals surface area contributed by atoms with Crippen molar-refractivity contribution in [2.45, 2.75) is 6.61 Å². The van der Waals surface area contributed by atoms with Gasteiger partial charge in [-0.3, -0.25) is 4.98 Å². The lowest BCUT2D eigenvalue weighted by Crippen LogP contribution is -2.01. The van der Waals surface area contributed by atoms with E-state index in [0.29, 0.717) is 16.3 Å². The highest BCUT2D eigenvalue weighted by Gasteiger charge is 2.11. The molecule has 19 heavy (non-hydrogen) atoms. The number of rotatable bonds is 3. The zero-order valence-corrected chi connectivity index (χ0v) is 11.0. The number of carbonyl (C=O) groups is 1. The van der Waals surface area contributed by atoms with Crippen molar-refractivity contribution < 1.29 is 14.6 Å². The number of benzene rings is 1. The molecule has 2 rings (SSSR count). The Labute approximate surface area is 115 Å². The molecule has 2 aromatic rings. The number of carbonyl (C=O) groups excluding carboxylic acids is 1. The quantitative estimate of drug-likeness (QED) is 0.876. The number of ether oxygens (including phenoxy) is 1. The lowest BCUT2D eigenvalue weighted by Gasteiger charge is -2.07. The lowest BCUT2D eigenvalue weighted by atomic mass is 10.0. The third-order valence-corrected chi connectivity index (χ3v) is 3.00. The number of halogens is 1. The van der Waals surface area contributed by atoms with E-state index >= 15 is 0 Å². The molecule has 0 aliphatic heterocycles. The molecule has 1 N–H and O–H groups in total. The minimum atomic E-state index is -0.470. The van der Waals surface area contributed by atoms with E-state index in [1.165, 1.54) is 7.11 Å². The zero-order chi connectivity index (χ0) is 13.8. The molecular weight excluding hydrogens is 266 g/mol. The van der Waals surface area contributed by atoms with Crippen LogP contribution in [0.4, 0.5) is 0 Å². The van der Waals surface area contributed by atoms with E-state index in [4.69, 9.17) is 16.7 Å². The molecule has 0 saturated carbocycles. The van der Waals surface area contributed by atoms with Gasteiger partial charge in [0.2, 0.25) is 0 Å². The van der Waals surface area contributed by atoms with Gasteiger partial charge in [0, 0.05) is 6.20 Å². The Hall–Kier alpha value is -1.91. The molecule has 0 unspecified atom stereocenters. The third-order valence-electron chi connectivity index (χ3n) is 2.69. The van der Waals surface area contributed by atoms with Gasteiger partial charge in [-0.05, 0) is 35.4 Å². The summed E-state index contributed by atoms with van der Waals surface area (Å²) in [7, 11) is 1.31. The molecule has 0 atom stereocenters. The summed E-state index contributed by atoms with van der Waals surface area (Å²) in [5.74, 6) is -0.470. The molecule has 0 aliphatic rings. The molecular formula is C14H12ClNO3. The van der Waals surface area contributed by atoms with Gasteiger partial charge in [-0.1, -0.05) is 17.7 Å². The minimum Gasteiger partial charge on any atom is -0.465 e. The Morgan fingerprint density at radius 2 is 2.05 bits per heavy atom. The summed E-state index contributed by atoms with van der Waals surface area (Å²) in [6.07, 6.45) is 1.61. The van der Waals surface area contributed by atoms with E-state index in [0.717, 1.165) is 11.1 Å². The average molecular weight is 278 g/mol. The Kier molecular flexibility index (Phi) is 4.14. The Bertz CT molecular complexity index is 613. The van der Waals surface area contributed by atoms with Crippen LogP contribution in [0, 0.1) is 0 Å². The van der Waals surface area contributed by atoms with Crippen molar-refractivity contribution in [2.75, 3.05) is 7.11 Å². The molecule has 0 saturated heterocycles. The molecule has 0 bridgehead atoms. The molecule has 5 heteroatoms. The number of aliphatic hydroxyl groups is 1. The van der Waals surface area contributed by atoms with Gasteiger partial charge in [0.15, 0.2) is 0 Å². The molecule has 0 fully saturated rings. The second-order valence-electron chi connectivity index (χ2n) is 3.88. The van der Waals surface area contributed by atoms with Crippen LogP contribution < -0.4 is 0 Å². The van der Waals surface area contributed by atoms with Gasteiger partial charge >= 0.3 is 5.97 Å². The predicted molar refractivity (Wildman–Crippen MR) is 71.9 cm³/mol. The lowest BCUT2D eigenvalue weighted by molar-refractivity contribution is 0.0601. The Morgan fingerprint density at radius 3 is 2.68 bits per heavy atom. The van der Waals surface area contributed by atoms with Crippen molar-refractivity contribution in [1.82, 2.24) is 4.98 Å². The van der Waals surface area contributed by atoms with Crippen LogP contribution >= 0.6 is 11.6 Å². The summed E-state index contributed by atoms with van der Waals surface area (Å²) >= 11 is 6.06. The van der Waals surface area contributed by atoms with Gasteiger partial charge in [-0.15, -0.1) is 0 Å². The zero-order valence-electron chi connectivity index (χ0n) is 10.3. The maximum absolute atomic E-state index is 11.4. The van der Waals surface area contributed by atoms with Crippen LogP contribution in [0.15, 0.2) is 36.5 Å². The Morgan fingerprint density at radius 1 is 1.32 bits per heavy atom. The van der Waals surface area contributed by atoms with Crippen molar-refractivity contribution in [3.8, 4) is 11.1 Å². The summed E-state index contributed by atoms with van der Waals surface area (Å²) in [5, 5.41) is 9.39. The number of hydrogen-bond donors (Lipinski definition) is 1. The van der Waals surface area contributed by atoms with Crippen LogP contribution in [0.3, 0.4) is 0 Å². The fraction of sp³-hybridized carbons (Fsp3) is 0.143. The van der Waals surface area contributed by atoms with E-state index in [-0.39, 0.29) is 6.61 Å². The van der Waals surface area contributed by atoms with Gasteiger partial charge in [-0.2, -0.15) is 0 Å². The highest BCUT2D eigenvalue weighted by molar-refractivity contribution is 6.33. The van der Waals surface area contributed by atoms with Gasteiger partial charge < -0.3 is 9.84 Å². The van der Waals surface area contributed by atoms with Crippen molar-refractivity contribution in [2.24, 2.45) is 0 Å². The van der Waals surface area contributed by atoms with Crippen molar-refractivity contribution in [3.63, 3.8) is 0 Å². The predicted octanol–water partition coefficient (Wildman–Crippen LogP) is 2.68. The van der Waals surface area contributed by atoms with Gasteiger partial charge in [-0.25, -0.2) is 4.79 Å². The number of pyridine rings is 1. The highest BCUT2D eigenvalue weighted by atomic mass is 35.5. The average Bonchev–Trinajstić information content (AvgIpc) is 2.46. The summed E-state index contributed by atoms with van der Waals surface area (Å²) < 4.78 is 4.63. The number of hydrogen-bond acceptors (Lipinski definition) is 4. The second-order valence-corrected chi connectivity index (χ2v) is 4.29. The topological polar surface area (TPSA) is 59.4 Å². The van der Waals surface area contributed by atoms with E-state index in [2.05, 4.69) is 9.72 Å². The van der Waals surface area contributed by atoms with Crippen LogP contribution in [-0.4, -0.2) is 23.2 Å². The number of aliphatic hydroxyl groups excluding tert-OH is 1. The first kappa shape index (κ1) is 13.5. The molecule has 0 aliphatic carbocycles. The summed E-state index contributed by atoms with van der Waals surface area (Å²) in [5.41, 5.74) is 2.61. The van der Waals surface area contributed by atoms with Crippen molar-refractivity contribution in [3.05, 3.63) is 52.8 Å². The van der Waals surface area contributed by atoms with Crippen LogP contribution in [-0.2, 0) is 11.3 Å². The summed E-state index contributed by atoms with van der Waals surface area (Å²) in [6, 6.07) is 8.65. The van der Waals surface area contributed by atoms with Crippen LogP contribution in [0.1, 0.15) is 16.1 Å². The smallest absolute Gasteiger partial charge is 0.339 e. The van der Waals surface area contributed by atoms with Gasteiger partial charge in [0.05, 0.1) is 30.0 Å². The minimum absolute atomic E-state index is 0.123. The van der Waals surface area contributed by atoms with Gasteiger partial charge in [0.1, 0.15) is 0 Å². The molecule has 4 nitrogen and oxygen atoms in total. The number of nitrogens with zero attached hydrogens (tertiary/aromatic N) is 1. The first-order valence-corrected chi connectivity index (χ1v) is 5.97. The standard InChI is InChI=1S/C14H12ClNO3/c1-19-14(18)12-3-2-9(7-13(12)15)10-4-5-16-11(6-10)8-17/h2-7,17H,8H2,1H3. The monoisotopic (exact) mass is 277 g/mol. The molecule has 98 valence electrons. The normalized spacial score (nSPS) is 10.3. The van der Waals surface area contributed by atoms with E-state index in [1.807, 2.05) is 6.07 Å². The van der Waals surface area contributed by atoms with Crippen LogP contribution in [0.5, 0.6) is 0 Å². The molecule has 0 spiro atoms. The maximum atomic E-state index is 11.4. The van der Waals surface area contributed by atoms with Gasteiger partial charge in [0.25, 0.3) is 0 Å². The maximum Gasteiger partial charge on any atom is 0.339 e. The van der Waals surface area contributed by atoms with E-state index in [1.54, 1.807) is 30.5 Å². The van der Waals surface area contributed by atoms with E-state index < -0.39 is 5.97 Å². The molecule has 0 amide bonds. The highest BCUT2D eigenvalue weighted by Crippen LogP contribution is 2.26. The first-order valence-electron chi connectivity index (χ1n) is 5.59. The second kappa shape index (κ2) is 5.82.